The van der Waals surface area contributed by atoms with E-state index in [2.05, 4.69) is 5.32 Å². The van der Waals surface area contributed by atoms with E-state index in [9.17, 15) is 14.4 Å². The molecular formula is C10H17N3O5. The second-order valence-electron chi connectivity index (χ2n) is 4.56. The Bertz CT molecular complexity index is 365. The summed E-state index contributed by atoms with van der Waals surface area (Å²) in [5.41, 5.74) is 4.37. The molecule has 0 aromatic carbocycles. The molecule has 0 aromatic heterocycles. The molecule has 0 bridgehead atoms. The zero-order valence-electron chi connectivity index (χ0n) is 10.3. The Morgan fingerprint density at radius 2 is 2.06 bits per heavy atom. The maximum Gasteiger partial charge on any atom is 0.329 e. The average Bonchev–Trinajstić information content (AvgIpc) is 2.22. The third-order valence-corrected chi connectivity index (χ3v) is 2.65. The third-order valence-electron chi connectivity index (χ3n) is 2.65. The second-order valence-corrected chi connectivity index (χ2v) is 4.56. The molecule has 0 spiro atoms. The van der Waals surface area contributed by atoms with Crippen LogP contribution in [0.25, 0.3) is 0 Å². The van der Waals surface area contributed by atoms with Gasteiger partial charge in [0.1, 0.15) is 18.2 Å². The van der Waals surface area contributed by atoms with Crippen molar-refractivity contribution in [1.82, 2.24) is 10.2 Å². The Labute approximate surface area is 104 Å². The second kappa shape index (κ2) is 5.21. The first kappa shape index (κ1) is 14.2. The fourth-order valence-corrected chi connectivity index (χ4v) is 1.58. The minimum Gasteiger partial charge on any atom is -0.480 e. The fraction of sp³-hybridized carbons (Fsp3) is 0.700. The molecule has 1 atom stereocenters. The smallest absolute Gasteiger partial charge is 0.329 e. The third kappa shape index (κ3) is 3.59. The van der Waals surface area contributed by atoms with E-state index in [1.165, 1.54) is 11.8 Å². The van der Waals surface area contributed by atoms with Crippen LogP contribution in [0.3, 0.4) is 0 Å². The SMILES string of the molecule is CC(NC(=O)N1CC(C)(OCC(=O)O)C1)C(N)=O. The number of ether oxygens (including phenoxy) is 1. The molecule has 1 fully saturated rings. The summed E-state index contributed by atoms with van der Waals surface area (Å²) >= 11 is 0. The summed E-state index contributed by atoms with van der Waals surface area (Å²) in [6.07, 6.45) is 0. The van der Waals surface area contributed by atoms with Gasteiger partial charge in [0.05, 0.1) is 13.1 Å². The van der Waals surface area contributed by atoms with E-state index < -0.39 is 36.2 Å². The summed E-state index contributed by atoms with van der Waals surface area (Å²) in [5, 5.41) is 10.9. The Morgan fingerprint density at radius 3 is 2.50 bits per heavy atom. The van der Waals surface area contributed by atoms with Gasteiger partial charge in [-0.15, -0.1) is 0 Å². The number of carbonyl (C=O) groups excluding carboxylic acids is 2. The number of nitrogens with zero attached hydrogens (tertiary/aromatic N) is 1. The van der Waals surface area contributed by atoms with Gasteiger partial charge >= 0.3 is 12.0 Å². The molecule has 3 amide bonds. The van der Waals surface area contributed by atoms with Crippen molar-refractivity contribution >= 4 is 17.9 Å². The number of carboxylic acids is 1. The number of hydrogen-bond donors (Lipinski definition) is 3. The van der Waals surface area contributed by atoms with Crippen molar-refractivity contribution in [2.75, 3.05) is 19.7 Å². The van der Waals surface area contributed by atoms with Gasteiger partial charge in [0.25, 0.3) is 0 Å². The summed E-state index contributed by atoms with van der Waals surface area (Å²) in [7, 11) is 0. The minimum absolute atomic E-state index is 0.275. The van der Waals surface area contributed by atoms with E-state index in [0.717, 1.165) is 0 Å². The molecule has 8 nitrogen and oxygen atoms in total. The number of amides is 3. The maximum absolute atomic E-state index is 11.6. The molecule has 0 radical (unpaired) electrons. The summed E-state index contributed by atoms with van der Waals surface area (Å²) in [6.45, 7) is 3.36. The minimum atomic E-state index is -1.05. The molecular weight excluding hydrogens is 242 g/mol. The van der Waals surface area contributed by atoms with Gasteiger partial charge in [-0.1, -0.05) is 0 Å². The number of aliphatic carboxylic acids is 1. The lowest BCUT2D eigenvalue weighted by molar-refractivity contribution is -0.159. The molecule has 1 unspecified atom stereocenters. The van der Waals surface area contributed by atoms with Crippen LogP contribution in [0.2, 0.25) is 0 Å². The molecule has 1 heterocycles. The van der Waals surface area contributed by atoms with Crippen molar-refractivity contribution in [3.05, 3.63) is 0 Å². The Morgan fingerprint density at radius 1 is 1.50 bits per heavy atom. The lowest BCUT2D eigenvalue weighted by Gasteiger charge is -2.47. The lowest BCUT2D eigenvalue weighted by Crippen LogP contribution is -2.66. The number of likely N-dealkylation sites (tertiary alicyclic amines) is 1. The number of urea groups is 1. The van der Waals surface area contributed by atoms with Crippen LogP contribution >= 0.6 is 0 Å². The summed E-state index contributed by atoms with van der Waals surface area (Å²) in [5.74, 6) is -1.67. The highest BCUT2D eigenvalue weighted by atomic mass is 16.5. The largest absolute Gasteiger partial charge is 0.480 e. The molecule has 0 saturated carbocycles. The Balaban J connectivity index is 2.34. The number of carboxylic acid groups (broad SMARTS) is 1. The van der Waals surface area contributed by atoms with E-state index in [1.54, 1.807) is 6.92 Å². The van der Waals surface area contributed by atoms with E-state index in [-0.39, 0.29) is 13.1 Å². The van der Waals surface area contributed by atoms with Crippen LogP contribution in [-0.2, 0) is 14.3 Å². The highest BCUT2D eigenvalue weighted by molar-refractivity contribution is 5.85. The summed E-state index contributed by atoms with van der Waals surface area (Å²) in [6, 6.07) is -1.16. The molecule has 1 saturated heterocycles. The molecule has 0 aliphatic carbocycles. The average molecular weight is 259 g/mol. The van der Waals surface area contributed by atoms with Crippen LogP contribution in [0.5, 0.6) is 0 Å². The van der Waals surface area contributed by atoms with Crippen molar-refractivity contribution in [2.24, 2.45) is 5.73 Å². The van der Waals surface area contributed by atoms with Crippen molar-refractivity contribution in [3.8, 4) is 0 Å². The number of rotatable bonds is 5. The van der Waals surface area contributed by atoms with Gasteiger partial charge < -0.3 is 25.8 Å². The van der Waals surface area contributed by atoms with Gasteiger partial charge in [-0.3, -0.25) is 4.79 Å². The first-order valence-corrected chi connectivity index (χ1v) is 5.44. The topological polar surface area (TPSA) is 122 Å². The van der Waals surface area contributed by atoms with Crippen LogP contribution in [-0.4, -0.2) is 59.3 Å². The van der Waals surface area contributed by atoms with Crippen molar-refractivity contribution in [1.29, 1.82) is 0 Å². The molecule has 8 heteroatoms. The lowest BCUT2D eigenvalue weighted by atomic mass is 9.97. The molecule has 1 aliphatic heterocycles. The van der Waals surface area contributed by atoms with E-state index in [1.807, 2.05) is 0 Å². The quantitative estimate of drug-likeness (QED) is 0.569. The van der Waals surface area contributed by atoms with Crippen molar-refractivity contribution in [2.45, 2.75) is 25.5 Å². The Kier molecular flexibility index (Phi) is 4.12. The molecule has 102 valence electrons. The van der Waals surface area contributed by atoms with Crippen molar-refractivity contribution < 1.29 is 24.2 Å². The van der Waals surface area contributed by atoms with Crippen LogP contribution in [0.4, 0.5) is 4.79 Å². The predicted octanol–water partition coefficient (Wildman–Crippen LogP) is -1.25. The van der Waals surface area contributed by atoms with Crippen LogP contribution in [0.15, 0.2) is 0 Å². The standard InChI is InChI=1S/C10H17N3O5/c1-6(8(11)16)12-9(17)13-4-10(2,5-13)18-3-7(14)15/h6H,3-5H2,1-2H3,(H2,11,16)(H,12,17)(H,14,15). The van der Waals surface area contributed by atoms with Crippen LogP contribution < -0.4 is 11.1 Å². The van der Waals surface area contributed by atoms with Crippen LogP contribution in [0, 0.1) is 0 Å². The number of hydrogen-bond acceptors (Lipinski definition) is 4. The molecule has 1 rings (SSSR count). The molecule has 4 N–H and O–H groups in total. The maximum atomic E-state index is 11.6. The Hall–Kier alpha value is -1.83. The number of nitrogens with two attached hydrogens (primary N) is 1. The summed E-state index contributed by atoms with van der Waals surface area (Å²) < 4.78 is 5.15. The van der Waals surface area contributed by atoms with Gasteiger partial charge in [-0.2, -0.15) is 0 Å². The van der Waals surface area contributed by atoms with E-state index >= 15 is 0 Å². The first-order valence-electron chi connectivity index (χ1n) is 5.44. The van der Waals surface area contributed by atoms with Gasteiger partial charge in [0.2, 0.25) is 5.91 Å². The highest BCUT2D eigenvalue weighted by Crippen LogP contribution is 2.24. The van der Waals surface area contributed by atoms with Gasteiger partial charge in [-0.25, -0.2) is 9.59 Å². The number of primary amides is 1. The van der Waals surface area contributed by atoms with Crippen LogP contribution in [0.1, 0.15) is 13.8 Å². The number of carbonyl (C=O) groups is 3. The molecule has 0 aromatic rings. The van der Waals surface area contributed by atoms with Gasteiger partial charge in [0.15, 0.2) is 0 Å². The summed E-state index contributed by atoms with van der Waals surface area (Å²) in [4.78, 5) is 34.1. The monoisotopic (exact) mass is 259 g/mol. The predicted molar refractivity (Wildman–Crippen MR) is 60.8 cm³/mol. The molecule has 1 aliphatic rings. The molecule has 18 heavy (non-hydrogen) atoms. The highest BCUT2D eigenvalue weighted by Gasteiger charge is 2.43. The zero-order valence-corrected chi connectivity index (χ0v) is 10.3. The van der Waals surface area contributed by atoms with E-state index in [0.29, 0.717) is 0 Å². The van der Waals surface area contributed by atoms with Crippen molar-refractivity contribution in [3.63, 3.8) is 0 Å². The fourth-order valence-electron chi connectivity index (χ4n) is 1.58. The van der Waals surface area contributed by atoms with Gasteiger partial charge in [0, 0.05) is 0 Å². The zero-order chi connectivity index (χ0) is 13.9. The number of nitrogens with one attached hydrogen (secondary N) is 1. The van der Waals surface area contributed by atoms with E-state index in [4.69, 9.17) is 15.6 Å². The normalized spacial score (nSPS) is 18.7. The first-order chi connectivity index (χ1) is 8.23. The van der Waals surface area contributed by atoms with Gasteiger partial charge in [-0.05, 0) is 13.8 Å².